The smallest absolute Gasteiger partial charge is 0.239 e. The predicted octanol–water partition coefficient (Wildman–Crippen LogP) is 2.00. The van der Waals surface area contributed by atoms with Crippen LogP contribution in [0.25, 0.3) is 0 Å². The first-order valence-corrected chi connectivity index (χ1v) is 6.75. The van der Waals surface area contributed by atoms with E-state index in [-0.39, 0.29) is 18.3 Å². The van der Waals surface area contributed by atoms with Gasteiger partial charge in [0.1, 0.15) is 0 Å². The van der Waals surface area contributed by atoms with E-state index >= 15 is 0 Å². The van der Waals surface area contributed by atoms with Crippen LogP contribution < -0.4 is 11.1 Å². The van der Waals surface area contributed by atoms with Gasteiger partial charge in [0.05, 0.1) is 18.2 Å². The Labute approximate surface area is 116 Å². The van der Waals surface area contributed by atoms with E-state index in [0.717, 1.165) is 6.42 Å². The second kappa shape index (κ2) is 8.73. The van der Waals surface area contributed by atoms with Gasteiger partial charge in [0, 0.05) is 6.54 Å². The Hall–Kier alpha value is -0.320. The third kappa shape index (κ3) is 6.03. The van der Waals surface area contributed by atoms with E-state index in [1.165, 1.54) is 25.7 Å². The molecule has 3 N–H and O–H groups in total. The molecule has 108 valence electrons. The maximum Gasteiger partial charge on any atom is 0.239 e. The van der Waals surface area contributed by atoms with E-state index in [1.54, 1.807) is 6.92 Å². The SMILES string of the molecule is CCCC(C)(N)C(=O)NCCOC1CCCC1.Cl. The molecule has 0 radical (unpaired) electrons. The lowest BCUT2D eigenvalue weighted by Crippen LogP contribution is -2.52. The predicted molar refractivity (Wildman–Crippen MR) is 76.0 cm³/mol. The number of amides is 1. The number of carbonyl (C=O) groups excluding carboxylic acids is 1. The third-order valence-electron chi connectivity index (χ3n) is 3.33. The summed E-state index contributed by atoms with van der Waals surface area (Å²) in [7, 11) is 0. The Morgan fingerprint density at radius 1 is 1.44 bits per heavy atom. The van der Waals surface area contributed by atoms with Gasteiger partial charge in [0.25, 0.3) is 0 Å². The van der Waals surface area contributed by atoms with Crippen LogP contribution in [0.15, 0.2) is 0 Å². The topological polar surface area (TPSA) is 64.4 Å². The first-order chi connectivity index (χ1) is 8.06. The first kappa shape index (κ1) is 17.7. The highest BCUT2D eigenvalue weighted by Gasteiger charge is 2.26. The number of halogens is 1. The highest BCUT2D eigenvalue weighted by atomic mass is 35.5. The molecule has 1 amide bonds. The standard InChI is InChI=1S/C13H26N2O2.ClH/c1-3-8-13(2,14)12(16)15-9-10-17-11-6-4-5-7-11;/h11H,3-10,14H2,1-2H3,(H,15,16);1H. The monoisotopic (exact) mass is 278 g/mol. The summed E-state index contributed by atoms with van der Waals surface area (Å²) < 4.78 is 5.67. The first-order valence-electron chi connectivity index (χ1n) is 6.75. The molecule has 18 heavy (non-hydrogen) atoms. The largest absolute Gasteiger partial charge is 0.376 e. The number of hydrogen-bond donors (Lipinski definition) is 2. The molecule has 1 unspecified atom stereocenters. The second-order valence-electron chi connectivity index (χ2n) is 5.20. The van der Waals surface area contributed by atoms with Crippen molar-refractivity contribution in [1.29, 1.82) is 0 Å². The van der Waals surface area contributed by atoms with E-state index in [2.05, 4.69) is 5.32 Å². The molecule has 1 fully saturated rings. The fraction of sp³-hybridized carbons (Fsp3) is 0.923. The molecule has 0 aromatic heterocycles. The zero-order valence-corrected chi connectivity index (χ0v) is 12.4. The van der Waals surface area contributed by atoms with Crippen LogP contribution in [-0.4, -0.2) is 30.7 Å². The van der Waals surface area contributed by atoms with E-state index in [9.17, 15) is 4.79 Å². The van der Waals surface area contributed by atoms with Gasteiger partial charge in [-0.1, -0.05) is 26.2 Å². The summed E-state index contributed by atoms with van der Waals surface area (Å²) in [6.45, 7) is 4.97. The molecule has 0 saturated heterocycles. The van der Waals surface area contributed by atoms with Crippen molar-refractivity contribution in [2.45, 2.75) is 64.0 Å². The summed E-state index contributed by atoms with van der Waals surface area (Å²) in [6, 6.07) is 0. The van der Waals surface area contributed by atoms with Crippen LogP contribution in [0.4, 0.5) is 0 Å². The number of nitrogens with two attached hydrogens (primary N) is 1. The van der Waals surface area contributed by atoms with Crippen molar-refractivity contribution in [3.63, 3.8) is 0 Å². The van der Waals surface area contributed by atoms with Crippen molar-refractivity contribution in [2.75, 3.05) is 13.2 Å². The fourth-order valence-electron chi connectivity index (χ4n) is 2.28. The van der Waals surface area contributed by atoms with Crippen LogP contribution in [0, 0.1) is 0 Å². The van der Waals surface area contributed by atoms with E-state index in [4.69, 9.17) is 10.5 Å². The fourth-order valence-corrected chi connectivity index (χ4v) is 2.28. The van der Waals surface area contributed by atoms with Gasteiger partial charge in [-0.3, -0.25) is 4.79 Å². The van der Waals surface area contributed by atoms with Crippen LogP contribution in [0.2, 0.25) is 0 Å². The molecule has 1 rings (SSSR count). The van der Waals surface area contributed by atoms with Gasteiger partial charge in [0.2, 0.25) is 5.91 Å². The Kier molecular flexibility index (Phi) is 8.57. The lowest BCUT2D eigenvalue weighted by Gasteiger charge is -2.23. The minimum absolute atomic E-state index is 0. The number of carbonyl (C=O) groups is 1. The van der Waals surface area contributed by atoms with Gasteiger partial charge < -0.3 is 15.8 Å². The van der Waals surface area contributed by atoms with Gasteiger partial charge in [0.15, 0.2) is 0 Å². The molecule has 1 aliphatic rings. The Balaban J connectivity index is 0.00000289. The number of ether oxygens (including phenoxy) is 1. The van der Waals surface area contributed by atoms with E-state index < -0.39 is 5.54 Å². The summed E-state index contributed by atoms with van der Waals surface area (Å²) in [5.74, 6) is -0.0747. The molecular formula is C13H27ClN2O2. The summed E-state index contributed by atoms with van der Waals surface area (Å²) in [4.78, 5) is 11.8. The highest BCUT2D eigenvalue weighted by molar-refractivity contribution is 5.85. The average molecular weight is 279 g/mol. The molecule has 1 aliphatic carbocycles. The molecule has 1 saturated carbocycles. The number of hydrogen-bond acceptors (Lipinski definition) is 3. The minimum atomic E-state index is -0.748. The lowest BCUT2D eigenvalue weighted by atomic mass is 9.97. The number of nitrogens with one attached hydrogen (secondary N) is 1. The van der Waals surface area contributed by atoms with Gasteiger partial charge in [-0.25, -0.2) is 0 Å². The number of rotatable bonds is 7. The van der Waals surface area contributed by atoms with Crippen LogP contribution >= 0.6 is 12.4 Å². The lowest BCUT2D eigenvalue weighted by molar-refractivity contribution is -0.126. The summed E-state index contributed by atoms with van der Waals surface area (Å²) in [6.07, 6.45) is 6.91. The molecule has 0 aromatic carbocycles. The van der Waals surface area contributed by atoms with Gasteiger partial charge in [-0.05, 0) is 26.2 Å². The van der Waals surface area contributed by atoms with Crippen LogP contribution in [-0.2, 0) is 9.53 Å². The van der Waals surface area contributed by atoms with Crippen molar-refractivity contribution >= 4 is 18.3 Å². The van der Waals surface area contributed by atoms with Gasteiger partial charge in [-0.15, -0.1) is 12.4 Å². The van der Waals surface area contributed by atoms with Crippen LogP contribution in [0.3, 0.4) is 0 Å². The zero-order chi connectivity index (χ0) is 12.7. The summed E-state index contributed by atoms with van der Waals surface area (Å²) in [5.41, 5.74) is 5.17. The van der Waals surface area contributed by atoms with Crippen molar-refractivity contribution in [3.05, 3.63) is 0 Å². The molecule has 0 aliphatic heterocycles. The van der Waals surface area contributed by atoms with E-state index in [1.807, 2.05) is 6.92 Å². The van der Waals surface area contributed by atoms with Gasteiger partial charge in [-0.2, -0.15) is 0 Å². The van der Waals surface area contributed by atoms with Crippen LogP contribution in [0.1, 0.15) is 52.4 Å². The van der Waals surface area contributed by atoms with E-state index in [0.29, 0.717) is 25.7 Å². The molecule has 0 heterocycles. The maximum atomic E-state index is 11.8. The molecule has 0 spiro atoms. The molecule has 4 nitrogen and oxygen atoms in total. The molecule has 0 bridgehead atoms. The highest BCUT2D eigenvalue weighted by Crippen LogP contribution is 2.20. The normalized spacial score (nSPS) is 19.1. The van der Waals surface area contributed by atoms with Crippen LogP contribution in [0.5, 0.6) is 0 Å². The Morgan fingerprint density at radius 2 is 2.06 bits per heavy atom. The Bertz CT molecular complexity index is 241. The molecule has 0 aromatic rings. The van der Waals surface area contributed by atoms with Gasteiger partial charge >= 0.3 is 0 Å². The molecular weight excluding hydrogens is 252 g/mol. The van der Waals surface area contributed by atoms with Crippen molar-refractivity contribution in [3.8, 4) is 0 Å². The summed E-state index contributed by atoms with van der Waals surface area (Å²) >= 11 is 0. The molecule has 5 heteroatoms. The van der Waals surface area contributed by atoms with Crippen molar-refractivity contribution in [2.24, 2.45) is 5.73 Å². The maximum absolute atomic E-state index is 11.8. The average Bonchev–Trinajstić information content (AvgIpc) is 2.76. The quantitative estimate of drug-likeness (QED) is 0.700. The third-order valence-corrected chi connectivity index (χ3v) is 3.33. The second-order valence-corrected chi connectivity index (χ2v) is 5.20. The summed E-state index contributed by atoms with van der Waals surface area (Å²) in [5, 5.41) is 2.84. The molecule has 1 atom stereocenters. The zero-order valence-electron chi connectivity index (χ0n) is 11.5. The van der Waals surface area contributed by atoms with Crippen molar-refractivity contribution < 1.29 is 9.53 Å². The van der Waals surface area contributed by atoms with Crippen molar-refractivity contribution in [1.82, 2.24) is 5.32 Å². The minimum Gasteiger partial charge on any atom is -0.376 e. The Morgan fingerprint density at radius 3 is 2.61 bits per heavy atom.